The molecule has 0 fully saturated rings. The van der Waals surface area contributed by atoms with Gasteiger partial charge in [-0.3, -0.25) is 0 Å². The van der Waals surface area contributed by atoms with Gasteiger partial charge in [-0.25, -0.2) is 0 Å². The maximum Gasteiger partial charge on any atom is 0.108 e. The Bertz CT molecular complexity index is 389. The molecule has 0 heterocycles. The van der Waals surface area contributed by atoms with Crippen molar-refractivity contribution in [3.63, 3.8) is 0 Å². The molecule has 4 nitrogen and oxygen atoms in total. The first kappa shape index (κ1) is 11.9. The van der Waals surface area contributed by atoms with E-state index in [1.54, 1.807) is 6.07 Å². The summed E-state index contributed by atoms with van der Waals surface area (Å²) in [6.07, 6.45) is -2.11. The Kier molecular flexibility index (Phi) is 3.97. The number of anilines is 1. The number of thiol groups is 1. The van der Waals surface area contributed by atoms with Crippen LogP contribution in [0.5, 0.6) is 0 Å². The maximum atomic E-state index is 9.70. The van der Waals surface area contributed by atoms with Gasteiger partial charge in [0, 0.05) is 17.0 Å². The Hall–Kier alpha value is -1.22. The van der Waals surface area contributed by atoms with Gasteiger partial charge in [-0.15, -0.1) is 0 Å². The SMILES string of the molecule is N#Cc1ccc(N)c(C(O)C(O)CS)c1. The molecule has 15 heavy (non-hydrogen) atoms. The Morgan fingerprint density at radius 1 is 1.47 bits per heavy atom. The molecular weight excluding hydrogens is 212 g/mol. The van der Waals surface area contributed by atoms with Gasteiger partial charge in [0.2, 0.25) is 0 Å². The number of aliphatic hydroxyl groups is 2. The van der Waals surface area contributed by atoms with Gasteiger partial charge in [0.05, 0.1) is 17.7 Å². The van der Waals surface area contributed by atoms with Crippen molar-refractivity contribution in [3.05, 3.63) is 29.3 Å². The van der Waals surface area contributed by atoms with Crippen LogP contribution in [0.3, 0.4) is 0 Å². The van der Waals surface area contributed by atoms with Crippen molar-refractivity contribution in [2.24, 2.45) is 0 Å². The van der Waals surface area contributed by atoms with Crippen molar-refractivity contribution in [2.75, 3.05) is 11.5 Å². The Labute approximate surface area is 93.4 Å². The van der Waals surface area contributed by atoms with E-state index < -0.39 is 12.2 Å². The molecule has 2 unspecified atom stereocenters. The smallest absolute Gasteiger partial charge is 0.108 e. The topological polar surface area (TPSA) is 90.3 Å². The van der Waals surface area contributed by atoms with Gasteiger partial charge in [0.15, 0.2) is 0 Å². The van der Waals surface area contributed by atoms with E-state index in [9.17, 15) is 10.2 Å². The number of hydrogen-bond acceptors (Lipinski definition) is 5. The second-order valence-electron chi connectivity index (χ2n) is 3.15. The highest BCUT2D eigenvalue weighted by Crippen LogP contribution is 2.24. The summed E-state index contributed by atoms with van der Waals surface area (Å²) in [5.41, 5.74) is 6.73. The second-order valence-corrected chi connectivity index (χ2v) is 3.52. The van der Waals surface area contributed by atoms with Crippen LogP contribution >= 0.6 is 12.6 Å². The van der Waals surface area contributed by atoms with Crippen LogP contribution in [0.2, 0.25) is 0 Å². The van der Waals surface area contributed by atoms with E-state index in [0.29, 0.717) is 16.8 Å². The highest BCUT2D eigenvalue weighted by molar-refractivity contribution is 7.80. The minimum atomic E-state index is -1.12. The highest BCUT2D eigenvalue weighted by atomic mass is 32.1. The number of nitrogen functional groups attached to an aromatic ring is 1. The first-order valence-corrected chi connectivity index (χ1v) is 5.00. The van der Waals surface area contributed by atoms with E-state index in [0.717, 1.165) is 0 Å². The average molecular weight is 224 g/mol. The minimum Gasteiger partial charge on any atom is -0.398 e. The van der Waals surface area contributed by atoms with E-state index in [1.807, 2.05) is 6.07 Å². The summed E-state index contributed by atoms with van der Waals surface area (Å²) >= 11 is 3.87. The normalized spacial score (nSPS) is 14.3. The van der Waals surface area contributed by atoms with Crippen molar-refractivity contribution < 1.29 is 10.2 Å². The first-order valence-electron chi connectivity index (χ1n) is 4.36. The third-order valence-electron chi connectivity index (χ3n) is 2.09. The average Bonchev–Trinajstić information content (AvgIpc) is 2.27. The van der Waals surface area contributed by atoms with Crippen molar-refractivity contribution in [3.8, 4) is 6.07 Å². The molecule has 0 aliphatic heterocycles. The van der Waals surface area contributed by atoms with Crippen LogP contribution in [0, 0.1) is 11.3 Å². The summed E-state index contributed by atoms with van der Waals surface area (Å²) in [6.45, 7) is 0. The third-order valence-corrected chi connectivity index (χ3v) is 2.46. The van der Waals surface area contributed by atoms with E-state index in [-0.39, 0.29) is 5.75 Å². The zero-order valence-corrected chi connectivity index (χ0v) is 8.85. The van der Waals surface area contributed by atoms with Crippen molar-refractivity contribution in [1.29, 1.82) is 5.26 Å². The molecule has 0 spiro atoms. The summed E-state index contributed by atoms with van der Waals surface area (Å²) < 4.78 is 0. The van der Waals surface area contributed by atoms with Gasteiger partial charge >= 0.3 is 0 Å². The van der Waals surface area contributed by atoms with Gasteiger partial charge in [0.1, 0.15) is 6.10 Å². The molecule has 0 aromatic heterocycles. The highest BCUT2D eigenvalue weighted by Gasteiger charge is 2.19. The molecule has 2 atom stereocenters. The van der Waals surface area contributed by atoms with Gasteiger partial charge in [-0.05, 0) is 18.2 Å². The lowest BCUT2D eigenvalue weighted by atomic mass is 10.0. The molecule has 1 aromatic carbocycles. The third kappa shape index (κ3) is 2.63. The monoisotopic (exact) mass is 224 g/mol. The zero-order valence-electron chi connectivity index (χ0n) is 7.96. The van der Waals surface area contributed by atoms with Crippen molar-refractivity contribution >= 4 is 18.3 Å². The number of aliphatic hydroxyl groups excluding tert-OH is 2. The Morgan fingerprint density at radius 2 is 2.13 bits per heavy atom. The molecule has 1 rings (SSSR count). The molecule has 5 heteroatoms. The van der Waals surface area contributed by atoms with Crippen LogP contribution in [0.4, 0.5) is 5.69 Å². The van der Waals surface area contributed by atoms with Crippen LogP contribution in [0.15, 0.2) is 18.2 Å². The van der Waals surface area contributed by atoms with E-state index in [2.05, 4.69) is 12.6 Å². The van der Waals surface area contributed by atoms with Crippen molar-refractivity contribution in [2.45, 2.75) is 12.2 Å². The molecule has 0 radical (unpaired) electrons. The fourth-order valence-electron chi connectivity index (χ4n) is 1.21. The summed E-state index contributed by atoms with van der Waals surface area (Å²) in [5.74, 6) is 0.122. The van der Waals surface area contributed by atoms with E-state index in [1.165, 1.54) is 12.1 Å². The summed E-state index contributed by atoms with van der Waals surface area (Å²) in [6, 6.07) is 6.49. The zero-order chi connectivity index (χ0) is 11.4. The molecule has 0 aliphatic rings. The van der Waals surface area contributed by atoms with Crippen LogP contribution in [0.1, 0.15) is 17.2 Å². The van der Waals surface area contributed by atoms with Gasteiger partial charge in [-0.1, -0.05) is 0 Å². The van der Waals surface area contributed by atoms with Crippen LogP contribution in [-0.4, -0.2) is 22.1 Å². The molecule has 4 N–H and O–H groups in total. The largest absolute Gasteiger partial charge is 0.398 e. The van der Waals surface area contributed by atoms with E-state index >= 15 is 0 Å². The second kappa shape index (κ2) is 5.03. The maximum absolute atomic E-state index is 9.70. The Morgan fingerprint density at radius 3 is 2.67 bits per heavy atom. The number of hydrogen-bond donors (Lipinski definition) is 4. The molecule has 0 aliphatic carbocycles. The van der Waals surface area contributed by atoms with Crippen LogP contribution in [-0.2, 0) is 0 Å². The first-order chi connectivity index (χ1) is 7.10. The van der Waals surface area contributed by atoms with Crippen LogP contribution in [0.25, 0.3) is 0 Å². The summed E-state index contributed by atoms with van der Waals surface area (Å²) in [7, 11) is 0. The molecule has 1 aromatic rings. The number of benzene rings is 1. The number of rotatable bonds is 3. The lowest BCUT2D eigenvalue weighted by Gasteiger charge is -2.17. The summed E-state index contributed by atoms with van der Waals surface area (Å²) in [4.78, 5) is 0. The van der Waals surface area contributed by atoms with Crippen LogP contribution < -0.4 is 5.73 Å². The number of nitrogens with zero attached hydrogens (tertiary/aromatic N) is 1. The standard InChI is InChI=1S/C10H12N2O2S/c11-4-6-1-2-8(12)7(3-6)10(14)9(13)5-15/h1-3,9-10,13-15H,5,12H2. The quantitative estimate of drug-likeness (QED) is 0.443. The lowest BCUT2D eigenvalue weighted by molar-refractivity contribution is 0.0342. The molecule has 0 bridgehead atoms. The fraction of sp³-hybridized carbons (Fsp3) is 0.300. The molecular formula is C10H12N2O2S. The fourth-order valence-corrected chi connectivity index (χ4v) is 1.41. The van der Waals surface area contributed by atoms with E-state index in [4.69, 9.17) is 11.0 Å². The summed E-state index contributed by atoms with van der Waals surface area (Å²) in [5, 5.41) is 27.8. The van der Waals surface area contributed by atoms with Gasteiger partial charge in [0.25, 0.3) is 0 Å². The minimum absolute atomic E-state index is 0.122. The van der Waals surface area contributed by atoms with Gasteiger partial charge in [-0.2, -0.15) is 17.9 Å². The predicted molar refractivity (Wildman–Crippen MR) is 60.4 cm³/mol. The number of nitrogens with two attached hydrogens (primary N) is 1. The van der Waals surface area contributed by atoms with Gasteiger partial charge < -0.3 is 15.9 Å². The molecule has 80 valence electrons. The Balaban J connectivity index is 3.07. The molecule has 0 saturated carbocycles. The molecule has 0 saturated heterocycles. The lowest BCUT2D eigenvalue weighted by Crippen LogP contribution is -2.20. The molecule has 0 amide bonds. The predicted octanol–water partition coefficient (Wildman–Crippen LogP) is 0.465. The van der Waals surface area contributed by atoms with Crippen molar-refractivity contribution in [1.82, 2.24) is 0 Å². The number of nitriles is 1.